The van der Waals surface area contributed by atoms with Crippen LogP contribution in [0.25, 0.3) is 0 Å². The molecule has 1 fully saturated rings. The van der Waals surface area contributed by atoms with E-state index >= 15 is 0 Å². The third kappa shape index (κ3) is 4.12. The molecule has 2 aromatic carbocycles. The van der Waals surface area contributed by atoms with Crippen molar-refractivity contribution in [3.8, 4) is 0 Å². The van der Waals surface area contributed by atoms with Gasteiger partial charge in [-0.15, -0.1) is 0 Å². The second-order valence-corrected chi connectivity index (χ2v) is 7.23. The highest BCUT2D eigenvalue weighted by molar-refractivity contribution is 5.97. The van der Waals surface area contributed by atoms with Crippen LogP contribution in [-0.4, -0.2) is 56.6 Å². The summed E-state index contributed by atoms with van der Waals surface area (Å²) >= 11 is 0. The predicted molar refractivity (Wildman–Crippen MR) is 107 cm³/mol. The number of hydrogen-bond donors (Lipinski definition) is 0. The lowest BCUT2D eigenvalue weighted by molar-refractivity contribution is -0.385. The quantitative estimate of drug-likeness (QED) is 0.561. The van der Waals surface area contributed by atoms with Crippen LogP contribution in [0.5, 0.6) is 0 Å². The van der Waals surface area contributed by atoms with Crippen LogP contribution >= 0.6 is 0 Å². The number of carbonyl (C=O) groups excluding carboxylic acids is 2. The van der Waals surface area contributed by atoms with Crippen LogP contribution in [0.3, 0.4) is 0 Å². The lowest BCUT2D eigenvalue weighted by Crippen LogP contribution is -2.59. The zero-order valence-corrected chi connectivity index (χ0v) is 16.4. The number of benzene rings is 2. The number of nitro benzene ring substituents is 2. The first-order chi connectivity index (χ1) is 14.2. The lowest BCUT2D eigenvalue weighted by atomic mass is 10.0. The Bertz CT molecular complexity index is 942. The Kier molecular flexibility index (Phi) is 5.77. The molecule has 3 rings (SSSR count). The van der Waals surface area contributed by atoms with E-state index < -0.39 is 9.85 Å². The van der Waals surface area contributed by atoms with Gasteiger partial charge in [0.1, 0.15) is 0 Å². The molecular weight excluding hydrogens is 392 g/mol. The molecule has 0 saturated carbocycles. The maximum atomic E-state index is 12.9. The summed E-state index contributed by atoms with van der Waals surface area (Å²) in [5, 5.41) is 22.0. The molecule has 1 aliphatic rings. The molecule has 2 atom stereocenters. The molecule has 1 saturated heterocycles. The van der Waals surface area contributed by atoms with Gasteiger partial charge in [-0.3, -0.25) is 29.8 Å². The number of rotatable bonds is 4. The van der Waals surface area contributed by atoms with Gasteiger partial charge in [0.25, 0.3) is 23.2 Å². The van der Waals surface area contributed by atoms with Gasteiger partial charge in [-0.25, -0.2) is 0 Å². The maximum Gasteiger partial charge on any atom is 0.270 e. The standard InChI is InChI=1S/C20H20N4O6/c1-13-11-22(20(26)16-6-4-8-18(10-16)24(29)30)14(2)12-21(13)19(25)15-5-3-7-17(9-15)23(27)28/h3-10,13-14H,11-12H2,1-2H3. The van der Waals surface area contributed by atoms with Crippen LogP contribution in [0.4, 0.5) is 11.4 Å². The Labute approximate surface area is 172 Å². The van der Waals surface area contributed by atoms with Crippen molar-refractivity contribution in [1.82, 2.24) is 9.80 Å². The first-order valence-electron chi connectivity index (χ1n) is 9.30. The summed E-state index contributed by atoms with van der Waals surface area (Å²) in [5.41, 5.74) is 0.0884. The van der Waals surface area contributed by atoms with E-state index in [-0.39, 0.29) is 59.5 Å². The van der Waals surface area contributed by atoms with Crippen LogP contribution in [0.2, 0.25) is 0 Å². The molecule has 30 heavy (non-hydrogen) atoms. The van der Waals surface area contributed by atoms with Gasteiger partial charge in [0.15, 0.2) is 0 Å². The van der Waals surface area contributed by atoms with Gasteiger partial charge in [-0.05, 0) is 26.0 Å². The molecule has 2 aromatic rings. The van der Waals surface area contributed by atoms with Crippen molar-refractivity contribution < 1.29 is 19.4 Å². The van der Waals surface area contributed by atoms with E-state index in [9.17, 15) is 29.8 Å². The van der Waals surface area contributed by atoms with Gasteiger partial charge in [0.2, 0.25) is 0 Å². The van der Waals surface area contributed by atoms with E-state index in [4.69, 9.17) is 0 Å². The zero-order valence-electron chi connectivity index (χ0n) is 16.4. The van der Waals surface area contributed by atoms with Crippen LogP contribution in [0.15, 0.2) is 48.5 Å². The third-order valence-electron chi connectivity index (χ3n) is 5.12. The van der Waals surface area contributed by atoms with E-state index in [0.717, 1.165) is 0 Å². The summed E-state index contributed by atoms with van der Waals surface area (Å²) in [4.78, 5) is 49.9. The fourth-order valence-corrected chi connectivity index (χ4v) is 3.53. The van der Waals surface area contributed by atoms with Crippen molar-refractivity contribution in [2.24, 2.45) is 0 Å². The minimum Gasteiger partial charge on any atom is -0.332 e. The Hall–Kier alpha value is -3.82. The molecule has 0 radical (unpaired) electrons. The van der Waals surface area contributed by atoms with Gasteiger partial charge in [-0.1, -0.05) is 12.1 Å². The van der Waals surface area contributed by atoms with Gasteiger partial charge < -0.3 is 9.80 Å². The summed E-state index contributed by atoms with van der Waals surface area (Å²) in [7, 11) is 0. The Balaban J connectivity index is 1.78. The van der Waals surface area contributed by atoms with Crippen LogP contribution in [-0.2, 0) is 0 Å². The summed E-state index contributed by atoms with van der Waals surface area (Å²) in [6, 6.07) is 10.4. The van der Waals surface area contributed by atoms with Gasteiger partial charge in [0.05, 0.1) is 9.85 Å². The van der Waals surface area contributed by atoms with E-state index in [0.29, 0.717) is 0 Å². The number of non-ortho nitro benzene ring substituents is 2. The summed E-state index contributed by atoms with van der Waals surface area (Å²) in [6.45, 7) is 4.05. The minimum atomic E-state index is -0.557. The normalized spacial score (nSPS) is 18.7. The molecule has 1 heterocycles. The fourth-order valence-electron chi connectivity index (χ4n) is 3.53. The largest absolute Gasteiger partial charge is 0.332 e. The molecule has 10 heteroatoms. The molecule has 0 N–H and O–H groups in total. The second kappa shape index (κ2) is 8.27. The van der Waals surface area contributed by atoms with Crippen LogP contribution < -0.4 is 0 Å². The molecule has 0 aliphatic carbocycles. The lowest BCUT2D eigenvalue weighted by Gasteiger charge is -2.44. The summed E-state index contributed by atoms with van der Waals surface area (Å²) in [6.07, 6.45) is 0. The molecular formula is C20H20N4O6. The molecule has 1 aliphatic heterocycles. The maximum absolute atomic E-state index is 12.9. The Morgan fingerprint density at radius 1 is 0.800 bits per heavy atom. The molecule has 10 nitrogen and oxygen atoms in total. The highest BCUT2D eigenvalue weighted by Gasteiger charge is 2.35. The third-order valence-corrected chi connectivity index (χ3v) is 5.12. The van der Waals surface area contributed by atoms with Crippen LogP contribution in [0, 0.1) is 20.2 Å². The molecule has 2 unspecified atom stereocenters. The smallest absolute Gasteiger partial charge is 0.270 e. The monoisotopic (exact) mass is 412 g/mol. The molecule has 0 bridgehead atoms. The molecule has 0 aromatic heterocycles. The molecule has 2 amide bonds. The highest BCUT2D eigenvalue weighted by atomic mass is 16.6. The van der Waals surface area contributed by atoms with Gasteiger partial charge in [-0.2, -0.15) is 0 Å². The van der Waals surface area contributed by atoms with Crippen molar-refractivity contribution in [2.45, 2.75) is 25.9 Å². The number of hydrogen-bond acceptors (Lipinski definition) is 6. The molecule has 156 valence electrons. The van der Waals surface area contributed by atoms with E-state index in [1.165, 1.54) is 48.5 Å². The van der Waals surface area contributed by atoms with Crippen molar-refractivity contribution in [3.05, 3.63) is 79.9 Å². The summed E-state index contributed by atoms with van der Waals surface area (Å²) in [5.74, 6) is -0.694. The number of amides is 2. The average Bonchev–Trinajstić information content (AvgIpc) is 2.74. The number of piperazine rings is 1. The molecule has 0 spiro atoms. The van der Waals surface area contributed by atoms with E-state index in [1.807, 2.05) is 0 Å². The van der Waals surface area contributed by atoms with E-state index in [1.54, 1.807) is 23.6 Å². The van der Waals surface area contributed by atoms with E-state index in [2.05, 4.69) is 0 Å². The Morgan fingerprint density at radius 2 is 1.17 bits per heavy atom. The SMILES string of the molecule is CC1CN(C(=O)c2cccc([N+](=O)[O-])c2)C(C)CN1C(=O)c1cccc([N+](=O)[O-])c1. The minimum absolute atomic E-state index is 0.166. The predicted octanol–water partition coefficient (Wildman–Crippen LogP) is 2.88. The van der Waals surface area contributed by atoms with Gasteiger partial charge >= 0.3 is 0 Å². The number of nitrogens with zero attached hydrogens (tertiary/aromatic N) is 4. The average molecular weight is 412 g/mol. The van der Waals surface area contributed by atoms with Crippen molar-refractivity contribution in [2.75, 3.05) is 13.1 Å². The van der Waals surface area contributed by atoms with Crippen molar-refractivity contribution >= 4 is 23.2 Å². The first kappa shape index (κ1) is 20.9. The second-order valence-electron chi connectivity index (χ2n) is 7.23. The van der Waals surface area contributed by atoms with Crippen LogP contribution in [0.1, 0.15) is 34.6 Å². The number of nitro groups is 2. The fraction of sp³-hybridized carbons (Fsp3) is 0.300. The highest BCUT2D eigenvalue weighted by Crippen LogP contribution is 2.23. The zero-order chi connectivity index (χ0) is 22.0. The van der Waals surface area contributed by atoms with Crippen molar-refractivity contribution in [3.63, 3.8) is 0 Å². The summed E-state index contributed by atoms with van der Waals surface area (Å²) < 4.78 is 0. The topological polar surface area (TPSA) is 127 Å². The Morgan fingerprint density at radius 3 is 1.50 bits per heavy atom. The number of carbonyl (C=O) groups is 2. The van der Waals surface area contributed by atoms with Gasteiger partial charge in [0, 0.05) is 60.6 Å². The van der Waals surface area contributed by atoms with Crippen molar-refractivity contribution in [1.29, 1.82) is 0 Å². The first-order valence-corrected chi connectivity index (χ1v) is 9.30.